The van der Waals surface area contributed by atoms with Crippen molar-refractivity contribution in [1.82, 2.24) is 4.98 Å². The van der Waals surface area contributed by atoms with Crippen LogP contribution < -0.4 is 0 Å². The van der Waals surface area contributed by atoms with Crippen molar-refractivity contribution in [2.24, 2.45) is 0 Å². The van der Waals surface area contributed by atoms with Crippen LogP contribution in [0.4, 0.5) is 14.6 Å². The Hall–Kier alpha value is -2.11. The first-order chi connectivity index (χ1) is 8.09. The van der Waals surface area contributed by atoms with Gasteiger partial charge >= 0.3 is 5.82 Å². The number of rotatable bonds is 2. The van der Waals surface area contributed by atoms with Gasteiger partial charge in [0.2, 0.25) is 0 Å². The highest BCUT2D eigenvalue weighted by Crippen LogP contribution is 2.34. The van der Waals surface area contributed by atoms with Gasteiger partial charge in [-0.2, -0.15) is 0 Å². The number of halogens is 2. The summed E-state index contributed by atoms with van der Waals surface area (Å²) in [5, 5.41) is 10.5. The van der Waals surface area contributed by atoms with Crippen molar-refractivity contribution in [1.29, 1.82) is 0 Å². The summed E-state index contributed by atoms with van der Waals surface area (Å²) in [5.74, 6) is -1.78. The van der Waals surface area contributed by atoms with Crippen LogP contribution in [-0.2, 0) is 0 Å². The van der Waals surface area contributed by atoms with E-state index in [1.54, 1.807) is 0 Å². The number of nitro groups is 1. The standard InChI is InChI=1S/C11H8F2N2O2/c12-7-3-1-4-8(13)11(7)9-5-2-6-10(14-9)15(16)17/h2-3,5-6H,1,4H2. The number of pyridine rings is 1. The normalized spacial score (nSPS) is 15.8. The van der Waals surface area contributed by atoms with E-state index in [1.807, 2.05) is 0 Å². The van der Waals surface area contributed by atoms with Crippen LogP contribution in [0.2, 0.25) is 0 Å². The first-order valence-corrected chi connectivity index (χ1v) is 4.96. The summed E-state index contributed by atoms with van der Waals surface area (Å²) >= 11 is 0. The number of hydrogen-bond acceptors (Lipinski definition) is 3. The second-order valence-corrected chi connectivity index (χ2v) is 3.51. The van der Waals surface area contributed by atoms with Crippen LogP contribution in [0, 0.1) is 10.1 Å². The van der Waals surface area contributed by atoms with Crippen LogP contribution in [-0.4, -0.2) is 9.91 Å². The van der Waals surface area contributed by atoms with Crippen molar-refractivity contribution < 1.29 is 13.7 Å². The molecule has 1 aliphatic rings. The second-order valence-electron chi connectivity index (χ2n) is 3.51. The van der Waals surface area contributed by atoms with E-state index in [2.05, 4.69) is 4.98 Å². The second kappa shape index (κ2) is 4.40. The predicted octanol–water partition coefficient (Wildman–Crippen LogP) is 3.32. The Morgan fingerprint density at radius 3 is 2.76 bits per heavy atom. The molecule has 0 saturated carbocycles. The van der Waals surface area contributed by atoms with Gasteiger partial charge in [0.15, 0.2) is 5.69 Å². The Morgan fingerprint density at radius 2 is 2.12 bits per heavy atom. The molecule has 2 rings (SSSR count). The smallest absolute Gasteiger partial charge is 0.358 e. The molecule has 0 radical (unpaired) electrons. The summed E-state index contributed by atoms with van der Waals surface area (Å²) in [5.41, 5.74) is -0.329. The lowest BCUT2D eigenvalue weighted by molar-refractivity contribution is -0.389. The fraction of sp³-hybridized carbons (Fsp3) is 0.182. The summed E-state index contributed by atoms with van der Waals surface area (Å²) in [4.78, 5) is 13.4. The molecule has 4 nitrogen and oxygen atoms in total. The third-order valence-electron chi connectivity index (χ3n) is 2.38. The van der Waals surface area contributed by atoms with Gasteiger partial charge < -0.3 is 10.1 Å². The lowest BCUT2D eigenvalue weighted by Crippen LogP contribution is -2.00. The Kier molecular flexibility index (Phi) is 2.95. The maximum Gasteiger partial charge on any atom is 0.364 e. The van der Waals surface area contributed by atoms with Crippen molar-refractivity contribution >= 4 is 11.4 Å². The summed E-state index contributed by atoms with van der Waals surface area (Å²) in [7, 11) is 0. The third kappa shape index (κ3) is 2.20. The van der Waals surface area contributed by atoms with E-state index < -0.39 is 22.4 Å². The van der Waals surface area contributed by atoms with Crippen molar-refractivity contribution in [2.45, 2.75) is 12.8 Å². The lowest BCUT2D eigenvalue weighted by atomic mass is 10.0. The molecule has 0 atom stereocenters. The van der Waals surface area contributed by atoms with Crippen LogP contribution in [0.1, 0.15) is 18.5 Å². The van der Waals surface area contributed by atoms with Gasteiger partial charge in [-0.05, 0) is 34.5 Å². The first-order valence-electron chi connectivity index (χ1n) is 4.96. The molecule has 1 heterocycles. The molecule has 0 saturated heterocycles. The van der Waals surface area contributed by atoms with Crippen molar-refractivity contribution in [2.75, 3.05) is 0 Å². The van der Waals surface area contributed by atoms with Crippen molar-refractivity contribution in [3.05, 3.63) is 51.7 Å². The van der Waals surface area contributed by atoms with E-state index >= 15 is 0 Å². The molecule has 0 aliphatic heterocycles. The molecule has 0 unspecified atom stereocenters. The molecule has 0 N–H and O–H groups in total. The zero-order valence-corrected chi connectivity index (χ0v) is 8.69. The molecule has 1 aliphatic carbocycles. The monoisotopic (exact) mass is 238 g/mol. The highest BCUT2D eigenvalue weighted by atomic mass is 19.1. The van der Waals surface area contributed by atoms with E-state index in [1.165, 1.54) is 24.3 Å². The molecule has 0 amide bonds. The molecule has 1 aromatic heterocycles. The van der Waals surface area contributed by atoms with E-state index in [9.17, 15) is 18.9 Å². The Bertz CT molecular complexity index is 538. The maximum atomic E-state index is 13.5. The van der Waals surface area contributed by atoms with Crippen LogP contribution >= 0.6 is 0 Å². The topological polar surface area (TPSA) is 56.0 Å². The minimum absolute atomic E-state index is 0.0508. The molecule has 0 spiro atoms. The van der Waals surface area contributed by atoms with Gasteiger partial charge in [0.25, 0.3) is 0 Å². The average molecular weight is 238 g/mol. The average Bonchev–Trinajstić information content (AvgIpc) is 2.29. The van der Waals surface area contributed by atoms with E-state index in [-0.39, 0.29) is 24.1 Å². The van der Waals surface area contributed by atoms with Crippen LogP contribution in [0.3, 0.4) is 0 Å². The zero-order valence-electron chi connectivity index (χ0n) is 8.69. The molecule has 1 aromatic rings. The summed E-state index contributed by atoms with van der Waals surface area (Å²) in [6.07, 6.45) is 1.63. The third-order valence-corrected chi connectivity index (χ3v) is 2.38. The van der Waals surface area contributed by atoms with Gasteiger partial charge in [-0.1, -0.05) is 0 Å². The maximum absolute atomic E-state index is 13.5. The Labute approximate surface area is 95.4 Å². The van der Waals surface area contributed by atoms with E-state index in [0.29, 0.717) is 0 Å². The SMILES string of the molecule is O=[N+]([O-])c1cccc(C2=C(F)CCC=C2F)n1. The van der Waals surface area contributed by atoms with Crippen LogP contribution in [0.25, 0.3) is 5.57 Å². The van der Waals surface area contributed by atoms with Crippen molar-refractivity contribution in [3.8, 4) is 0 Å². The van der Waals surface area contributed by atoms with Gasteiger partial charge in [-0.3, -0.25) is 0 Å². The minimum atomic E-state index is -0.721. The van der Waals surface area contributed by atoms with Gasteiger partial charge in [0, 0.05) is 12.5 Å². The quantitative estimate of drug-likeness (QED) is 0.586. The van der Waals surface area contributed by atoms with Crippen molar-refractivity contribution in [3.63, 3.8) is 0 Å². The summed E-state index contributed by atoms with van der Waals surface area (Å²) < 4.78 is 27.0. The number of nitrogens with zero attached hydrogens (tertiary/aromatic N) is 2. The zero-order chi connectivity index (χ0) is 12.4. The highest BCUT2D eigenvalue weighted by molar-refractivity contribution is 5.77. The van der Waals surface area contributed by atoms with Crippen LogP contribution in [0.5, 0.6) is 0 Å². The van der Waals surface area contributed by atoms with E-state index in [4.69, 9.17) is 0 Å². The minimum Gasteiger partial charge on any atom is -0.358 e. The van der Waals surface area contributed by atoms with E-state index in [0.717, 1.165) is 0 Å². The molecule has 6 heteroatoms. The largest absolute Gasteiger partial charge is 0.364 e. The molecule has 0 fully saturated rings. The fourth-order valence-electron chi connectivity index (χ4n) is 1.61. The molecule has 88 valence electrons. The predicted molar refractivity (Wildman–Crippen MR) is 57.3 cm³/mol. The Morgan fingerprint density at radius 1 is 1.35 bits per heavy atom. The van der Waals surface area contributed by atoms with Gasteiger partial charge in [-0.25, -0.2) is 8.78 Å². The highest BCUT2D eigenvalue weighted by Gasteiger charge is 2.23. The molecule has 17 heavy (non-hydrogen) atoms. The number of aromatic nitrogens is 1. The Balaban J connectivity index is 2.50. The molecular weight excluding hydrogens is 230 g/mol. The summed E-state index contributed by atoms with van der Waals surface area (Å²) in [6.45, 7) is 0. The summed E-state index contributed by atoms with van der Waals surface area (Å²) in [6, 6.07) is 3.87. The lowest BCUT2D eigenvalue weighted by Gasteiger charge is -2.08. The first kappa shape index (κ1) is 11.4. The number of hydrogen-bond donors (Lipinski definition) is 0. The molecule has 0 bridgehead atoms. The van der Waals surface area contributed by atoms with Crippen LogP contribution in [0.15, 0.2) is 35.9 Å². The van der Waals surface area contributed by atoms with Gasteiger partial charge in [0.1, 0.15) is 11.7 Å². The fourth-order valence-corrected chi connectivity index (χ4v) is 1.61. The molecule has 0 aromatic carbocycles. The molecular formula is C11H8F2N2O2. The van der Waals surface area contributed by atoms with Gasteiger partial charge in [-0.15, -0.1) is 0 Å². The number of allylic oxidation sites excluding steroid dienone is 4. The van der Waals surface area contributed by atoms with Gasteiger partial charge in [0.05, 0.1) is 5.57 Å².